The molecule has 15 heavy (non-hydrogen) atoms. The molecule has 0 aromatic rings. The van der Waals surface area contributed by atoms with Gasteiger partial charge in [-0.15, -0.1) is 0 Å². The minimum absolute atomic E-state index is 0.167. The molecule has 2 atom stereocenters. The van der Waals surface area contributed by atoms with Crippen LogP contribution >= 0.6 is 0 Å². The van der Waals surface area contributed by atoms with Crippen molar-refractivity contribution in [2.75, 3.05) is 6.61 Å². The van der Waals surface area contributed by atoms with Crippen molar-refractivity contribution < 1.29 is 9.53 Å². The van der Waals surface area contributed by atoms with Crippen LogP contribution in [0.5, 0.6) is 0 Å². The Labute approximate surface area is 91.0 Å². The summed E-state index contributed by atoms with van der Waals surface area (Å²) in [4.78, 5) is 11.3. The Hall–Kier alpha value is -1.05. The van der Waals surface area contributed by atoms with Crippen LogP contribution in [0.15, 0.2) is 23.8 Å². The third-order valence-electron chi connectivity index (χ3n) is 3.37. The van der Waals surface area contributed by atoms with Crippen molar-refractivity contribution in [3.8, 4) is 0 Å². The van der Waals surface area contributed by atoms with Gasteiger partial charge in [-0.3, -0.25) is 0 Å². The van der Waals surface area contributed by atoms with Crippen molar-refractivity contribution in [2.24, 2.45) is 11.8 Å². The number of rotatable bonds is 2. The van der Waals surface area contributed by atoms with Gasteiger partial charge in [0.05, 0.1) is 6.61 Å². The summed E-state index contributed by atoms with van der Waals surface area (Å²) in [6.07, 6.45) is 10.8. The van der Waals surface area contributed by atoms with Gasteiger partial charge in [-0.25, -0.2) is 4.79 Å². The van der Waals surface area contributed by atoms with Crippen LogP contribution in [0, 0.1) is 11.8 Å². The number of carbonyl (C=O) groups excluding carboxylic acids is 1. The molecule has 0 bridgehead atoms. The molecule has 0 aromatic carbocycles. The van der Waals surface area contributed by atoms with Gasteiger partial charge in [0, 0.05) is 6.08 Å². The molecule has 2 rings (SSSR count). The van der Waals surface area contributed by atoms with E-state index < -0.39 is 0 Å². The van der Waals surface area contributed by atoms with E-state index in [1.54, 1.807) is 6.08 Å². The van der Waals surface area contributed by atoms with E-state index >= 15 is 0 Å². The highest BCUT2D eigenvalue weighted by Crippen LogP contribution is 2.42. The van der Waals surface area contributed by atoms with Crippen LogP contribution in [-0.2, 0) is 9.53 Å². The van der Waals surface area contributed by atoms with E-state index in [1.807, 2.05) is 6.92 Å². The number of carbonyl (C=O) groups is 1. The first-order valence-electron chi connectivity index (χ1n) is 5.80. The summed E-state index contributed by atoms with van der Waals surface area (Å²) in [6.45, 7) is 2.31. The molecule has 0 radical (unpaired) electrons. The Morgan fingerprint density at radius 1 is 1.40 bits per heavy atom. The highest BCUT2D eigenvalue weighted by molar-refractivity contribution is 5.82. The molecule has 0 N–H and O–H groups in total. The number of hydrogen-bond acceptors (Lipinski definition) is 2. The maximum absolute atomic E-state index is 11.3. The maximum Gasteiger partial charge on any atom is 0.330 e. The predicted molar refractivity (Wildman–Crippen MR) is 59.3 cm³/mol. The van der Waals surface area contributed by atoms with Crippen LogP contribution in [0.2, 0.25) is 0 Å². The molecule has 1 saturated carbocycles. The Morgan fingerprint density at radius 3 is 2.53 bits per heavy atom. The van der Waals surface area contributed by atoms with Gasteiger partial charge in [-0.1, -0.05) is 17.7 Å². The number of allylic oxidation sites excluding steroid dienone is 3. The Kier molecular flexibility index (Phi) is 3.24. The highest BCUT2D eigenvalue weighted by Gasteiger charge is 2.30. The van der Waals surface area contributed by atoms with E-state index in [2.05, 4.69) is 12.2 Å². The van der Waals surface area contributed by atoms with E-state index in [9.17, 15) is 4.79 Å². The summed E-state index contributed by atoms with van der Waals surface area (Å²) < 4.78 is 4.93. The third-order valence-corrected chi connectivity index (χ3v) is 3.37. The van der Waals surface area contributed by atoms with Crippen LogP contribution in [-0.4, -0.2) is 12.6 Å². The van der Waals surface area contributed by atoms with Crippen LogP contribution in [0.1, 0.15) is 32.6 Å². The molecule has 1 fully saturated rings. The Bertz CT molecular complexity index is 284. The smallest absolute Gasteiger partial charge is 0.330 e. The lowest BCUT2D eigenvalue weighted by Crippen LogP contribution is -2.08. The molecule has 0 unspecified atom stereocenters. The van der Waals surface area contributed by atoms with Crippen molar-refractivity contribution >= 4 is 5.97 Å². The van der Waals surface area contributed by atoms with E-state index in [4.69, 9.17) is 4.74 Å². The van der Waals surface area contributed by atoms with Crippen LogP contribution in [0.3, 0.4) is 0 Å². The maximum atomic E-state index is 11.3. The molecule has 0 saturated heterocycles. The first-order valence-corrected chi connectivity index (χ1v) is 5.80. The van der Waals surface area contributed by atoms with E-state index in [0.717, 1.165) is 24.7 Å². The molecule has 0 aliphatic heterocycles. The number of esters is 1. The number of fused-ring (bicyclic) bond motifs is 1. The normalized spacial score (nSPS) is 31.7. The minimum Gasteiger partial charge on any atom is -0.463 e. The molecule has 2 nitrogen and oxygen atoms in total. The van der Waals surface area contributed by atoms with Crippen molar-refractivity contribution in [1.29, 1.82) is 0 Å². The second-order valence-electron chi connectivity index (χ2n) is 4.43. The van der Waals surface area contributed by atoms with Crippen LogP contribution < -0.4 is 0 Å². The first-order chi connectivity index (χ1) is 7.29. The molecule has 2 aliphatic rings. The standard InChI is InChI=1S/C13H18O2/c1-2-15-13(14)9-10-7-11-5-3-4-6-12(11)8-10/h3-4,9,11-12H,2,5-8H2,1H3/t11-,12+. The highest BCUT2D eigenvalue weighted by atomic mass is 16.5. The van der Waals surface area contributed by atoms with Gasteiger partial charge in [0.25, 0.3) is 0 Å². The zero-order valence-corrected chi connectivity index (χ0v) is 9.24. The van der Waals surface area contributed by atoms with Crippen molar-refractivity contribution in [3.05, 3.63) is 23.8 Å². The van der Waals surface area contributed by atoms with Crippen molar-refractivity contribution in [1.82, 2.24) is 0 Å². The average Bonchev–Trinajstić information content (AvgIpc) is 2.59. The number of ether oxygens (including phenoxy) is 1. The topological polar surface area (TPSA) is 26.3 Å². The lowest BCUT2D eigenvalue weighted by molar-refractivity contribution is -0.137. The van der Waals surface area contributed by atoms with Crippen molar-refractivity contribution in [2.45, 2.75) is 32.6 Å². The van der Waals surface area contributed by atoms with Gasteiger partial charge in [-0.2, -0.15) is 0 Å². The minimum atomic E-state index is -0.167. The SMILES string of the molecule is CCOC(=O)C=C1C[C@H]2CC=CC[C@H]2C1. The third kappa shape index (κ3) is 2.49. The molecule has 82 valence electrons. The molecule has 0 aromatic heterocycles. The fourth-order valence-corrected chi connectivity index (χ4v) is 2.65. The molecular weight excluding hydrogens is 188 g/mol. The van der Waals surface area contributed by atoms with Crippen molar-refractivity contribution in [3.63, 3.8) is 0 Å². The van der Waals surface area contributed by atoms with Gasteiger partial charge in [0.15, 0.2) is 0 Å². The fourth-order valence-electron chi connectivity index (χ4n) is 2.65. The quantitative estimate of drug-likeness (QED) is 0.394. The number of hydrogen-bond donors (Lipinski definition) is 0. The predicted octanol–water partition coefficient (Wildman–Crippen LogP) is 2.85. The zero-order chi connectivity index (χ0) is 10.7. The molecule has 2 aliphatic carbocycles. The molecule has 0 spiro atoms. The average molecular weight is 206 g/mol. The van der Waals surface area contributed by atoms with E-state index in [0.29, 0.717) is 6.61 Å². The molecule has 0 heterocycles. The van der Waals surface area contributed by atoms with E-state index in [-0.39, 0.29) is 5.97 Å². The fraction of sp³-hybridized carbons (Fsp3) is 0.615. The lowest BCUT2D eigenvalue weighted by atomic mass is 9.86. The zero-order valence-electron chi connectivity index (χ0n) is 9.24. The summed E-state index contributed by atoms with van der Waals surface area (Å²) in [5, 5.41) is 0. The molecule has 2 heteroatoms. The van der Waals surface area contributed by atoms with E-state index in [1.165, 1.54) is 18.4 Å². The summed E-state index contributed by atoms with van der Waals surface area (Å²) in [5.74, 6) is 1.38. The summed E-state index contributed by atoms with van der Waals surface area (Å²) in [5.41, 5.74) is 1.28. The summed E-state index contributed by atoms with van der Waals surface area (Å²) >= 11 is 0. The first kappa shape index (κ1) is 10.5. The van der Waals surface area contributed by atoms with Gasteiger partial charge in [0.1, 0.15) is 0 Å². The molecule has 0 amide bonds. The Morgan fingerprint density at radius 2 is 2.00 bits per heavy atom. The second kappa shape index (κ2) is 4.65. The largest absolute Gasteiger partial charge is 0.463 e. The van der Waals surface area contributed by atoms with Gasteiger partial charge < -0.3 is 4.74 Å². The van der Waals surface area contributed by atoms with Gasteiger partial charge in [-0.05, 0) is 44.4 Å². The lowest BCUT2D eigenvalue weighted by Gasteiger charge is -2.19. The summed E-state index contributed by atoms with van der Waals surface area (Å²) in [7, 11) is 0. The Balaban J connectivity index is 1.95. The molecular formula is C13H18O2. The van der Waals surface area contributed by atoms with Crippen LogP contribution in [0.4, 0.5) is 0 Å². The summed E-state index contributed by atoms with van der Waals surface area (Å²) in [6, 6.07) is 0. The van der Waals surface area contributed by atoms with Crippen LogP contribution in [0.25, 0.3) is 0 Å². The van der Waals surface area contributed by atoms with Gasteiger partial charge >= 0.3 is 5.97 Å². The van der Waals surface area contributed by atoms with Gasteiger partial charge in [0.2, 0.25) is 0 Å². The second-order valence-corrected chi connectivity index (χ2v) is 4.43. The monoisotopic (exact) mass is 206 g/mol.